The largest absolute Gasteiger partial charge is 0.353 e. The van der Waals surface area contributed by atoms with Crippen LogP contribution < -0.4 is 5.32 Å². The summed E-state index contributed by atoms with van der Waals surface area (Å²) in [5.41, 5.74) is -0.130. The van der Waals surface area contributed by atoms with Gasteiger partial charge in [-0.05, 0) is 32.1 Å². The van der Waals surface area contributed by atoms with Gasteiger partial charge < -0.3 is 14.7 Å². The van der Waals surface area contributed by atoms with E-state index in [2.05, 4.69) is 15.5 Å². The van der Waals surface area contributed by atoms with Crippen LogP contribution in [0.3, 0.4) is 0 Å². The fourth-order valence-corrected chi connectivity index (χ4v) is 3.19. The number of carbonyl (C=O) groups is 2. The van der Waals surface area contributed by atoms with Crippen molar-refractivity contribution in [2.45, 2.75) is 77.2 Å². The zero-order chi connectivity index (χ0) is 18.7. The van der Waals surface area contributed by atoms with E-state index >= 15 is 0 Å². The van der Waals surface area contributed by atoms with Crippen LogP contribution in [0.4, 0.5) is 0 Å². The molecule has 1 aromatic rings. The van der Waals surface area contributed by atoms with E-state index in [0.29, 0.717) is 36.9 Å². The summed E-state index contributed by atoms with van der Waals surface area (Å²) < 4.78 is 5.25. The molecule has 7 nitrogen and oxygen atoms in total. The summed E-state index contributed by atoms with van der Waals surface area (Å²) in [6, 6.07) is 0.182. The minimum Gasteiger partial charge on any atom is -0.353 e. The van der Waals surface area contributed by atoms with Gasteiger partial charge in [-0.3, -0.25) is 9.59 Å². The molecule has 3 rings (SSSR count). The van der Waals surface area contributed by atoms with Crippen LogP contribution in [-0.4, -0.2) is 46.0 Å². The Bertz CT molecular complexity index is 637. The van der Waals surface area contributed by atoms with Crippen LogP contribution in [0.25, 0.3) is 0 Å². The topological polar surface area (TPSA) is 88.3 Å². The van der Waals surface area contributed by atoms with Crippen LogP contribution in [0.2, 0.25) is 0 Å². The standard InChI is InChI=1S/C19H30N4O3/c1-19(2,3)18-21-16(26-22-18)6-4-5-15(24)20-14-9-11-23(12-10-14)17(25)13-7-8-13/h13-14H,4-12H2,1-3H3,(H,20,24). The Kier molecular flexibility index (Phi) is 5.63. The number of hydrogen-bond donors (Lipinski definition) is 1. The van der Waals surface area contributed by atoms with E-state index in [1.54, 1.807) is 0 Å². The first-order valence-corrected chi connectivity index (χ1v) is 9.74. The number of nitrogens with one attached hydrogen (secondary N) is 1. The number of aryl methyl sites for hydroxylation is 1. The van der Waals surface area contributed by atoms with E-state index in [-0.39, 0.29) is 23.3 Å². The lowest BCUT2D eigenvalue weighted by atomic mass is 9.96. The van der Waals surface area contributed by atoms with E-state index in [4.69, 9.17) is 4.52 Å². The summed E-state index contributed by atoms with van der Waals surface area (Å²) in [5.74, 6) is 1.94. The number of carbonyl (C=O) groups excluding carboxylic acids is 2. The van der Waals surface area contributed by atoms with Gasteiger partial charge in [0.15, 0.2) is 5.82 Å². The molecule has 2 fully saturated rings. The van der Waals surface area contributed by atoms with Crippen molar-refractivity contribution in [1.82, 2.24) is 20.4 Å². The average molecular weight is 362 g/mol. The third-order valence-electron chi connectivity index (χ3n) is 5.03. The van der Waals surface area contributed by atoms with Crippen LogP contribution in [0.5, 0.6) is 0 Å². The highest BCUT2D eigenvalue weighted by Gasteiger charge is 2.35. The van der Waals surface area contributed by atoms with Gasteiger partial charge in [-0.15, -0.1) is 0 Å². The Hall–Kier alpha value is -1.92. The molecular weight excluding hydrogens is 332 g/mol. The molecule has 0 aromatic carbocycles. The summed E-state index contributed by atoms with van der Waals surface area (Å²) in [4.78, 5) is 30.5. The monoisotopic (exact) mass is 362 g/mol. The van der Waals surface area contributed by atoms with Gasteiger partial charge in [0.2, 0.25) is 17.7 Å². The minimum atomic E-state index is -0.130. The first-order valence-electron chi connectivity index (χ1n) is 9.74. The van der Waals surface area contributed by atoms with Crippen LogP contribution in [-0.2, 0) is 21.4 Å². The smallest absolute Gasteiger partial charge is 0.226 e. The Labute approximate surface area is 154 Å². The molecule has 2 heterocycles. The van der Waals surface area contributed by atoms with E-state index in [0.717, 1.165) is 38.8 Å². The number of hydrogen-bond acceptors (Lipinski definition) is 5. The zero-order valence-electron chi connectivity index (χ0n) is 16.1. The number of rotatable bonds is 6. The van der Waals surface area contributed by atoms with Gasteiger partial charge in [0.1, 0.15) is 0 Å². The number of aromatic nitrogens is 2. The Morgan fingerprint density at radius 2 is 1.88 bits per heavy atom. The fourth-order valence-electron chi connectivity index (χ4n) is 3.19. The molecular formula is C19H30N4O3. The average Bonchev–Trinajstić information content (AvgIpc) is 3.32. The Morgan fingerprint density at radius 1 is 1.19 bits per heavy atom. The summed E-state index contributed by atoms with van der Waals surface area (Å²) >= 11 is 0. The first kappa shape index (κ1) is 18.9. The van der Waals surface area contributed by atoms with Gasteiger partial charge in [-0.1, -0.05) is 25.9 Å². The first-order chi connectivity index (χ1) is 12.3. The molecule has 1 saturated carbocycles. The fraction of sp³-hybridized carbons (Fsp3) is 0.789. The molecule has 0 radical (unpaired) electrons. The summed E-state index contributed by atoms with van der Waals surface area (Å²) in [6.45, 7) is 7.64. The molecule has 144 valence electrons. The van der Waals surface area contributed by atoms with E-state index in [1.807, 2.05) is 25.7 Å². The van der Waals surface area contributed by atoms with Crippen molar-refractivity contribution in [3.63, 3.8) is 0 Å². The summed E-state index contributed by atoms with van der Waals surface area (Å²) in [5, 5.41) is 7.09. The molecule has 0 bridgehead atoms. The molecule has 2 amide bonds. The Morgan fingerprint density at radius 3 is 2.46 bits per heavy atom. The number of piperidine rings is 1. The van der Waals surface area contributed by atoms with Crippen LogP contribution >= 0.6 is 0 Å². The second-order valence-corrected chi connectivity index (χ2v) is 8.56. The van der Waals surface area contributed by atoms with Crippen molar-refractivity contribution >= 4 is 11.8 Å². The maximum atomic E-state index is 12.1. The van der Waals surface area contributed by atoms with Crippen molar-refractivity contribution in [2.75, 3.05) is 13.1 Å². The second kappa shape index (κ2) is 7.76. The lowest BCUT2D eigenvalue weighted by molar-refractivity contribution is -0.133. The van der Waals surface area contributed by atoms with Gasteiger partial charge in [-0.25, -0.2) is 0 Å². The summed E-state index contributed by atoms with van der Waals surface area (Å²) in [7, 11) is 0. The van der Waals surface area contributed by atoms with Gasteiger partial charge in [0, 0.05) is 43.3 Å². The molecule has 1 aliphatic carbocycles. The van der Waals surface area contributed by atoms with E-state index in [9.17, 15) is 9.59 Å². The molecule has 0 unspecified atom stereocenters. The van der Waals surface area contributed by atoms with Gasteiger partial charge in [0.05, 0.1) is 0 Å². The maximum absolute atomic E-state index is 12.1. The van der Waals surface area contributed by atoms with Crippen LogP contribution in [0.1, 0.15) is 71.0 Å². The molecule has 1 aliphatic heterocycles. The molecule has 1 saturated heterocycles. The number of amides is 2. The zero-order valence-corrected chi connectivity index (χ0v) is 16.1. The molecule has 7 heteroatoms. The van der Waals surface area contributed by atoms with Crippen LogP contribution in [0.15, 0.2) is 4.52 Å². The third-order valence-corrected chi connectivity index (χ3v) is 5.03. The predicted octanol–water partition coefficient (Wildman–Crippen LogP) is 2.21. The third kappa shape index (κ3) is 5.05. The maximum Gasteiger partial charge on any atom is 0.226 e. The molecule has 1 aromatic heterocycles. The lowest BCUT2D eigenvalue weighted by Gasteiger charge is -2.32. The van der Waals surface area contributed by atoms with Crippen molar-refractivity contribution in [1.29, 1.82) is 0 Å². The molecule has 0 spiro atoms. The van der Waals surface area contributed by atoms with E-state index in [1.165, 1.54) is 0 Å². The molecule has 26 heavy (non-hydrogen) atoms. The highest BCUT2D eigenvalue weighted by atomic mass is 16.5. The molecule has 1 N–H and O–H groups in total. The van der Waals surface area contributed by atoms with E-state index < -0.39 is 0 Å². The second-order valence-electron chi connectivity index (χ2n) is 8.56. The minimum absolute atomic E-state index is 0.0625. The quantitative estimate of drug-likeness (QED) is 0.838. The Balaban J connectivity index is 1.33. The van der Waals surface area contributed by atoms with Gasteiger partial charge >= 0.3 is 0 Å². The molecule has 2 aliphatic rings. The van der Waals surface area contributed by atoms with Gasteiger partial charge in [0.25, 0.3) is 0 Å². The normalized spacial score (nSPS) is 18.8. The van der Waals surface area contributed by atoms with Crippen molar-refractivity contribution in [3.8, 4) is 0 Å². The SMILES string of the molecule is CC(C)(C)c1noc(CCCC(=O)NC2CCN(C(=O)C3CC3)CC2)n1. The lowest BCUT2D eigenvalue weighted by Crippen LogP contribution is -2.47. The number of likely N-dealkylation sites (tertiary alicyclic amines) is 1. The van der Waals surface area contributed by atoms with Crippen LogP contribution in [0, 0.1) is 5.92 Å². The van der Waals surface area contributed by atoms with Crippen molar-refractivity contribution in [2.24, 2.45) is 5.92 Å². The molecule has 0 atom stereocenters. The predicted molar refractivity (Wildman–Crippen MR) is 96.4 cm³/mol. The van der Waals surface area contributed by atoms with Crippen molar-refractivity contribution in [3.05, 3.63) is 11.7 Å². The van der Waals surface area contributed by atoms with Crippen molar-refractivity contribution < 1.29 is 14.1 Å². The number of nitrogens with zero attached hydrogens (tertiary/aromatic N) is 3. The highest BCUT2D eigenvalue weighted by molar-refractivity contribution is 5.81. The van der Waals surface area contributed by atoms with Gasteiger partial charge in [-0.2, -0.15) is 4.98 Å². The summed E-state index contributed by atoms with van der Waals surface area (Å²) in [6.07, 6.45) is 5.56. The highest BCUT2D eigenvalue weighted by Crippen LogP contribution is 2.31.